The number of carbonyl (C=O) groups excluding carboxylic acids is 2. The molecule has 0 amide bonds. The van der Waals surface area contributed by atoms with Crippen LogP contribution in [-0.4, -0.2) is 38.4 Å². The fraction of sp³-hybridized carbons (Fsp3) is 0.391. The number of ether oxygens (including phenoxy) is 5. The van der Waals surface area contributed by atoms with Gasteiger partial charge in [-0.1, -0.05) is 13.0 Å². The molecule has 0 atom stereocenters. The van der Waals surface area contributed by atoms with E-state index in [1.54, 1.807) is 33.3 Å². The number of cyclic esters (lactones) is 1. The molecular formula is C23H24O7. The SMILES string of the molecule is CCC(=O)OC1(COc2c(-c3ccc4c(c3)COC4=O)ccc(OC)c2OC)CC1. The molecule has 30 heavy (non-hydrogen) atoms. The summed E-state index contributed by atoms with van der Waals surface area (Å²) in [5, 5.41) is 0. The van der Waals surface area contributed by atoms with Gasteiger partial charge in [-0.05, 0) is 42.7 Å². The van der Waals surface area contributed by atoms with Crippen molar-refractivity contribution in [3.63, 3.8) is 0 Å². The molecule has 0 aromatic heterocycles. The number of hydrogen-bond donors (Lipinski definition) is 0. The zero-order chi connectivity index (χ0) is 21.3. The Balaban J connectivity index is 1.69. The fourth-order valence-electron chi connectivity index (χ4n) is 3.50. The minimum atomic E-state index is -0.587. The highest BCUT2D eigenvalue weighted by Gasteiger charge is 2.48. The van der Waals surface area contributed by atoms with Crippen LogP contribution in [0.4, 0.5) is 0 Å². The molecule has 1 fully saturated rings. The maximum Gasteiger partial charge on any atom is 0.338 e. The molecule has 0 bridgehead atoms. The molecule has 0 radical (unpaired) electrons. The van der Waals surface area contributed by atoms with Crippen LogP contribution in [0.25, 0.3) is 11.1 Å². The highest BCUT2D eigenvalue weighted by atomic mass is 16.6. The normalized spacial score (nSPS) is 15.8. The van der Waals surface area contributed by atoms with Gasteiger partial charge in [0.2, 0.25) is 5.75 Å². The van der Waals surface area contributed by atoms with E-state index < -0.39 is 5.60 Å². The Morgan fingerprint density at radius 3 is 2.50 bits per heavy atom. The molecule has 2 aromatic rings. The Labute approximate surface area is 174 Å². The second-order valence-electron chi connectivity index (χ2n) is 7.43. The van der Waals surface area contributed by atoms with Gasteiger partial charge in [-0.3, -0.25) is 4.79 Å². The zero-order valence-electron chi connectivity index (χ0n) is 17.3. The van der Waals surface area contributed by atoms with E-state index >= 15 is 0 Å². The molecule has 7 heteroatoms. The standard InChI is InChI=1S/C23H24O7/c1-4-19(24)30-23(9-10-23)13-29-20-16(7-8-18(26-2)21(20)27-3)14-5-6-17-15(11-14)12-28-22(17)25/h5-8,11H,4,9-10,12-13H2,1-3H3. The first kappa shape index (κ1) is 20.1. The molecule has 1 aliphatic heterocycles. The second-order valence-corrected chi connectivity index (χ2v) is 7.43. The molecule has 158 valence electrons. The predicted molar refractivity (Wildman–Crippen MR) is 108 cm³/mol. The Kier molecular flexibility index (Phi) is 5.28. The molecule has 0 saturated heterocycles. The maximum atomic E-state index is 11.8. The summed E-state index contributed by atoms with van der Waals surface area (Å²) in [6.07, 6.45) is 1.85. The molecule has 1 heterocycles. The molecule has 2 aromatic carbocycles. The molecule has 0 unspecified atom stereocenters. The van der Waals surface area contributed by atoms with Gasteiger partial charge in [-0.15, -0.1) is 0 Å². The Morgan fingerprint density at radius 2 is 1.83 bits per heavy atom. The van der Waals surface area contributed by atoms with Gasteiger partial charge in [0.25, 0.3) is 0 Å². The molecule has 7 nitrogen and oxygen atoms in total. The summed E-state index contributed by atoms with van der Waals surface area (Å²) >= 11 is 0. The van der Waals surface area contributed by atoms with Crippen molar-refractivity contribution in [3.05, 3.63) is 41.5 Å². The summed E-state index contributed by atoms with van der Waals surface area (Å²) < 4.78 is 27.9. The smallest absolute Gasteiger partial charge is 0.338 e. The van der Waals surface area contributed by atoms with Crippen molar-refractivity contribution in [2.75, 3.05) is 20.8 Å². The van der Waals surface area contributed by atoms with Gasteiger partial charge in [0.15, 0.2) is 11.5 Å². The van der Waals surface area contributed by atoms with Gasteiger partial charge < -0.3 is 23.7 Å². The highest BCUT2D eigenvalue weighted by Crippen LogP contribution is 2.47. The number of methoxy groups -OCH3 is 2. The average molecular weight is 412 g/mol. The number of rotatable bonds is 8. The summed E-state index contributed by atoms with van der Waals surface area (Å²) in [6, 6.07) is 9.21. The minimum absolute atomic E-state index is 0.224. The van der Waals surface area contributed by atoms with Crippen LogP contribution in [0.5, 0.6) is 17.2 Å². The van der Waals surface area contributed by atoms with Crippen molar-refractivity contribution < 1.29 is 33.3 Å². The molecule has 4 rings (SSSR count). The van der Waals surface area contributed by atoms with Crippen molar-refractivity contribution in [1.82, 2.24) is 0 Å². The summed E-state index contributed by atoms with van der Waals surface area (Å²) in [4.78, 5) is 23.5. The van der Waals surface area contributed by atoms with Crippen LogP contribution in [0.15, 0.2) is 30.3 Å². The van der Waals surface area contributed by atoms with Crippen LogP contribution in [0, 0.1) is 0 Å². The largest absolute Gasteiger partial charge is 0.493 e. The third kappa shape index (κ3) is 3.67. The van der Waals surface area contributed by atoms with Crippen LogP contribution >= 0.6 is 0 Å². The average Bonchev–Trinajstić information content (AvgIpc) is 3.44. The molecular weight excluding hydrogens is 388 g/mol. The van der Waals surface area contributed by atoms with E-state index in [9.17, 15) is 9.59 Å². The van der Waals surface area contributed by atoms with E-state index in [4.69, 9.17) is 23.7 Å². The van der Waals surface area contributed by atoms with E-state index in [1.165, 1.54) is 0 Å². The Morgan fingerprint density at radius 1 is 1.07 bits per heavy atom. The van der Waals surface area contributed by atoms with Gasteiger partial charge in [-0.25, -0.2) is 4.79 Å². The first-order valence-corrected chi connectivity index (χ1v) is 9.90. The van der Waals surface area contributed by atoms with Gasteiger partial charge in [0.05, 0.1) is 19.8 Å². The summed E-state index contributed by atoms with van der Waals surface area (Å²) in [6.45, 7) is 2.24. The third-order valence-corrected chi connectivity index (χ3v) is 5.40. The van der Waals surface area contributed by atoms with Gasteiger partial charge >= 0.3 is 11.9 Å². The van der Waals surface area contributed by atoms with Gasteiger partial charge in [-0.2, -0.15) is 0 Å². The van der Waals surface area contributed by atoms with Crippen LogP contribution < -0.4 is 14.2 Å². The molecule has 0 N–H and O–H groups in total. The Hall–Kier alpha value is -3.22. The van der Waals surface area contributed by atoms with Crippen molar-refractivity contribution in [1.29, 1.82) is 0 Å². The van der Waals surface area contributed by atoms with Crippen molar-refractivity contribution in [2.24, 2.45) is 0 Å². The summed E-state index contributed by atoms with van der Waals surface area (Å²) in [5.41, 5.74) is 2.46. The summed E-state index contributed by atoms with van der Waals surface area (Å²) in [5.74, 6) is 0.943. The van der Waals surface area contributed by atoms with E-state index in [2.05, 4.69) is 0 Å². The van der Waals surface area contributed by atoms with Crippen LogP contribution in [-0.2, 0) is 20.9 Å². The lowest BCUT2D eigenvalue weighted by atomic mass is 9.99. The van der Waals surface area contributed by atoms with Crippen LogP contribution in [0.1, 0.15) is 42.1 Å². The van der Waals surface area contributed by atoms with Crippen molar-refractivity contribution >= 4 is 11.9 Å². The predicted octanol–water partition coefficient (Wildman–Crippen LogP) is 3.91. The van der Waals surface area contributed by atoms with Crippen molar-refractivity contribution in [2.45, 2.75) is 38.4 Å². The van der Waals surface area contributed by atoms with Gasteiger partial charge in [0.1, 0.15) is 18.8 Å². The fourth-order valence-corrected chi connectivity index (χ4v) is 3.50. The third-order valence-electron chi connectivity index (χ3n) is 5.40. The zero-order valence-corrected chi connectivity index (χ0v) is 17.3. The number of carbonyl (C=O) groups is 2. The summed E-state index contributed by atoms with van der Waals surface area (Å²) in [7, 11) is 3.11. The van der Waals surface area contributed by atoms with E-state index in [0.717, 1.165) is 29.5 Å². The number of benzene rings is 2. The Bertz CT molecular complexity index is 991. The lowest BCUT2D eigenvalue weighted by molar-refractivity contribution is -0.152. The maximum absolute atomic E-state index is 11.8. The van der Waals surface area contributed by atoms with Crippen LogP contribution in [0.3, 0.4) is 0 Å². The van der Waals surface area contributed by atoms with Crippen LogP contribution in [0.2, 0.25) is 0 Å². The number of fused-ring (bicyclic) bond motifs is 1. The lowest BCUT2D eigenvalue weighted by Gasteiger charge is -2.21. The second kappa shape index (κ2) is 7.89. The van der Waals surface area contributed by atoms with E-state index in [-0.39, 0.29) is 25.2 Å². The van der Waals surface area contributed by atoms with Gasteiger partial charge in [0, 0.05) is 17.5 Å². The van der Waals surface area contributed by atoms with E-state index in [1.807, 2.05) is 18.2 Å². The molecule has 1 aliphatic carbocycles. The quantitative estimate of drug-likeness (QED) is 0.608. The minimum Gasteiger partial charge on any atom is -0.493 e. The monoisotopic (exact) mass is 412 g/mol. The molecule has 0 spiro atoms. The highest BCUT2D eigenvalue weighted by molar-refractivity contribution is 5.94. The van der Waals surface area contributed by atoms with Crippen molar-refractivity contribution in [3.8, 4) is 28.4 Å². The number of hydrogen-bond acceptors (Lipinski definition) is 7. The number of esters is 2. The molecule has 2 aliphatic rings. The topological polar surface area (TPSA) is 80.3 Å². The lowest BCUT2D eigenvalue weighted by Crippen LogP contribution is -2.26. The first-order chi connectivity index (χ1) is 14.5. The molecule has 1 saturated carbocycles. The van der Waals surface area contributed by atoms with E-state index in [0.29, 0.717) is 29.2 Å². The first-order valence-electron chi connectivity index (χ1n) is 9.90.